The molecule has 146 valence electrons. The van der Waals surface area contributed by atoms with E-state index in [2.05, 4.69) is 105 Å². The smallest absolute Gasteiger partial charge is 0.0410 e. The fraction of sp³-hybridized carbons (Fsp3) is 1.00. The molecule has 0 aliphatic carbocycles. The molecule has 0 amide bonds. The summed E-state index contributed by atoms with van der Waals surface area (Å²) in [6.07, 6.45) is 0. The van der Waals surface area contributed by atoms with E-state index in [0.717, 1.165) is 0 Å². The summed E-state index contributed by atoms with van der Waals surface area (Å²) in [5.74, 6) is 0. The van der Waals surface area contributed by atoms with Gasteiger partial charge in [-0.05, 0) is 0 Å². The summed E-state index contributed by atoms with van der Waals surface area (Å²) in [5, 5.41) is 0. The van der Waals surface area contributed by atoms with Gasteiger partial charge in [0.15, 0.2) is 0 Å². The van der Waals surface area contributed by atoms with E-state index in [-0.39, 0.29) is 0 Å². The van der Waals surface area contributed by atoms with Crippen LogP contribution < -0.4 is 0 Å². The molecule has 0 nitrogen and oxygen atoms in total. The summed E-state index contributed by atoms with van der Waals surface area (Å²) in [6.45, 7) is 42.3. The summed E-state index contributed by atoms with van der Waals surface area (Å²) >= 11 is 0. The molecule has 0 saturated carbocycles. The largest absolute Gasteiger partial charge is 0.0750 e. The summed E-state index contributed by atoms with van der Waals surface area (Å²) in [6, 6.07) is 0. The fourth-order valence-electron chi connectivity index (χ4n) is 6.53. The Morgan fingerprint density at radius 2 is 0.625 bits per heavy atom. The molecule has 0 atom stereocenters. The average molecular weight is 451 g/mol. The molecule has 0 bridgehead atoms. The third-order valence-corrected chi connectivity index (χ3v) is 149. The van der Waals surface area contributed by atoms with Crippen LogP contribution in [-0.4, -0.2) is 51.7 Å². The third kappa shape index (κ3) is 4.32. The first-order chi connectivity index (χ1) is 9.96. The molecule has 0 aliphatic heterocycles. The fourth-order valence-corrected chi connectivity index (χ4v) is 262. The molecule has 0 heterocycles. The lowest BCUT2D eigenvalue weighted by atomic mass is 11.7. The van der Waals surface area contributed by atoms with Gasteiger partial charge in [0.25, 0.3) is 0 Å². The standard InChI is InChI=1S/C17H50Si7/c1-18(2,3)17-24(21(10,11)12,22(13,14)15)23(16,19(4,5)6)20(7,8)9/h17H2,1-16H3. The van der Waals surface area contributed by atoms with Gasteiger partial charge in [0, 0.05) is 51.7 Å². The second-order valence-corrected chi connectivity index (χ2v) is 86.0. The molecule has 0 N–H and O–H groups in total. The Labute approximate surface area is 161 Å². The number of hydrogen-bond donors (Lipinski definition) is 0. The zero-order chi connectivity index (χ0) is 20.2. The first-order valence-electron chi connectivity index (χ1n) is 9.96. The van der Waals surface area contributed by atoms with Gasteiger partial charge in [-0.1, -0.05) is 110 Å². The molecule has 0 unspecified atom stereocenters. The van der Waals surface area contributed by atoms with Gasteiger partial charge in [-0.25, -0.2) is 0 Å². The average Bonchev–Trinajstić information content (AvgIpc) is 2.16. The Balaban J connectivity index is 7.27. The summed E-state index contributed by atoms with van der Waals surface area (Å²) < 4.78 is 0. The Bertz CT molecular complexity index is 408. The van der Waals surface area contributed by atoms with Crippen molar-refractivity contribution in [2.45, 2.75) is 110 Å². The van der Waals surface area contributed by atoms with Crippen molar-refractivity contribution in [2.75, 3.05) is 0 Å². The van der Waals surface area contributed by atoms with E-state index >= 15 is 0 Å². The van der Waals surface area contributed by atoms with Crippen molar-refractivity contribution in [1.82, 2.24) is 0 Å². The highest BCUT2D eigenvalue weighted by Gasteiger charge is 2.72. The molecule has 0 fully saturated rings. The van der Waals surface area contributed by atoms with Gasteiger partial charge >= 0.3 is 0 Å². The molecular weight excluding hydrogens is 401 g/mol. The Morgan fingerprint density at radius 1 is 0.375 bits per heavy atom. The Morgan fingerprint density at radius 3 is 0.750 bits per heavy atom. The number of hydrogen-bond acceptors (Lipinski definition) is 0. The molecule has 0 rings (SSSR count). The van der Waals surface area contributed by atoms with Crippen LogP contribution >= 0.6 is 0 Å². The van der Waals surface area contributed by atoms with Crippen LogP contribution in [0, 0.1) is 0 Å². The zero-order valence-corrected chi connectivity index (χ0v) is 27.2. The van der Waals surface area contributed by atoms with Crippen LogP contribution in [0.25, 0.3) is 0 Å². The van der Waals surface area contributed by atoms with Crippen LogP contribution in [0.15, 0.2) is 0 Å². The lowest BCUT2D eigenvalue weighted by Crippen LogP contribution is -2.96. The van der Waals surface area contributed by atoms with Crippen LogP contribution in [0.3, 0.4) is 0 Å². The minimum atomic E-state index is -1.26. The Hall–Kier alpha value is 1.52. The van der Waals surface area contributed by atoms with Crippen molar-refractivity contribution in [3.05, 3.63) is 0 Å². The van der Waals surface area contributed by atoms with Crippen LogP contribution in [0.5, 0.6) is 0 Å². The predicted octanol–water partition coefficient (Wildman–Crippen LogP) is 7.14. The topological polar surface area (TPSA) is 0 Å². The van der Waals surface area contributed by atoms with E-state index in [1.807, 2.05) is 0 Å². The van der Waals surface area contributed by atoms with Crippen molar-refractivity contribution in [3.8, 4) is 0 Å². The zero-order valence-electron chi connectivity index (χ0n) is 20.2. The van der Waals surface area contributed by atoms with Crippen molar-refractivity contribution >= 4 is 51.7 Å². The van der Waals surface area contributed by atoms with Gasteiger partial charge in [0.05, 0.1) is 0 Å². The second-order valence-electron chi connectivity index (χ2n) is 13.8. The molecule has 0 radical (unpaired) electrons. The molecule has 7 heteroatoms. The van der Waals surface area contributed by atoms with Crippen LogP contribution in [-0.2, 0) is 0 Å². The number of rotatable bonds is 7. The van der Waals surface area contributed by atoms with Gasteiger partial charge < -0.3 is 0 Å². The lowest BCUT2D eigenvalue weighted by molar-refractivity contribution is 1.58. The summed E-state index contributed by atoms with van der Waals surface area (Å²) in [4.78, 5) is 0. The van der Waals surface area contributed by atoms with Crippen molar-refractivity contribution < 1.29 is 0 Å². The highest BCUT2D eigenvalue weighted by atomic mass is 30.2. The highest BCUT2D eigenvalue weighted by molar-refractivity contribution is 8.09. The molecule has 0 aliphatic rings. The highest BCUT2D eigenvalue weighted by Crippen LogP contribution is 2.49. The van der Waals surface area contributed by atoms with E-state index in [1.54, 1.807) is 5.67 Å². The normalized spacial score (nSPS) is 16.5. The lowest BCUT2D eigenvalue weighted by Gasteiger charge is -2.68. The maximum atomic E-state index is 3.01. The Kier molecular flexibility index (Phi) is 7.28. The second kappa shape index (κ2) is 6.84. The molecule has 0 aromatic rings. The van der Waals surface area contributed by atoms with E-state index < -0.39 is 51.7 Å². The van der Waals surface area contributed by atoms with Crippen LogP contribution in [0.4, 0.5) is 0 Å². The monoisotopic (exact) mass is 450 g/mol. The molecule has 0 aromatic carbocycles. The molecule has 24 heavy (non-hydrogen) atoms. The molecule has 0 saturated heterocycles. The van der Waals surface area contributed by atoms with Gasteiger partial charge in [-0.15, -0.1) is 0 Å². The van der Waals surface area contributed by atoms with E-state index in [9.17, 15) is 0 Å². The van der Waals surface area contributed by atoms with Gasteiger partial charge in [0.2, 0.25) is 0 Å². The van der Waals surface area contributed by atoms with E-state index in [4.69, 9.17) is 0 Å². The van der Waals surface area contributed by atoms with Crippen LogP contribution in [0.2, 0.25) is 110 Å². The van der Waals surface area contributed by atoms with Crippen molar-refractivity contribution in [2.24, 2.45) is 0 Å². The quantitative estimate of drug-likeness (QED) is 0.361. The van der Waals surface area contributed by atoms with Gasteiger partial charge in [-0.2, -0.15) is 0 Å². The third-order valence-electron chi connectivity index (χ3n) is 7.21. The predicted molar refractivity (Wildman–Crippen MR) is 139 cm³/mol. The van der Waals surface area contributed by atoms with Gasteiger partial charge in [-0.3, -0.25) is 0 Å². The van der Waals surface area contributed by atoms with E-state index in [0.29, 0.717) is 0 Å². The SMILES string of the molecule is C[Si](C)(C)C[Si]([Si](C)(C)C)([Si](C)(C)C)[Si](C)([Si](C)(C)C)[Si](C)(C)C. The van der Waals surface area contributed by atoms with Crippen molar-refractivity contribution in [3.63, 3.8) is 0 Å². The summed E-state index contributed by atoms with van der Waals surface area (Å²) in [7, 11) is -5.70. The van der Waals surface area contributed by atoms with Gasteiger partial charge in [0.1, 0.15) is 0 Å². The molecular formula is C17H50Si7. The maximum absolute atomic E-state index is 3.01. The summed E-state index contributed by atoms with van der Waals surface area (Å²) in [5.41, 5.74) is 1.77. The van der Waals surface area contributed by atoms with Crippen LogP contribution in [0.1, 0.15) is 0 Å². The maximum Gasteiger partial charge on any atom is 0.0410 e. The molecule has 0 aromatic heterocycles. The minimum absolute atomic E-state index is 1.07. The first kappa shape index (κ1) is 25.5. The van der Waals surface area contributed by atoms with Crippen molar-refractivity contribution in [1.29, 1.82) is 0 Å². The van der Waals surface area contributed by atoms with E-state index in [1.165, 1.54) is 0 Å². The first-order valence-corrected chi connectivity index (χ1v) is 37.4. The minimum Gasteiger partial charge on any atom is -0.0750 e. The molecule has 0 spiro atoms.